The van der Waals surface area contributed by atoms with Crippen molar-refractivity contribution in [2.24, 2.45) is 0 Å². The molecule has 144 valence electrons. The topological polar surface area (TPSA) is 3.88 Å². The van der Waals surface area contributed by atoms with E-state index < -0.39 is 0 Å². The Balaban J connectivity index is 0.00000576. The fourth-order valence-electron chi connectivity index (χ4n) is 3.29. The van der Waals surface area contributed by atoms with E-state index in [1.54, 1.807) is 0 Å². The Labute approximate surface area is 167 Å². The summed E-state index contributed by atoms with van der Waals surface area (Å²) in [5, 5.41) is 0. The van der Waals surface area contributed by atoms with E-state index in [2.05, 4.69) is 42.6 Å². The summed E-state index contributed by atoms with van der Waals surface area (Å²) in [4.78, 5) is 0. The van der Waals surface area contributed by atoms with Crippen LogP contribution in [0.2, 0.25) is 0 Å². The van der Waals surface area contributed by atoms with E-state index in [1.807, 2.05) is 6.08 Å². The molecule has 0 spiro atoms. The number of aromatic nitrogens is 1. The smallest absolute Gasteiger partial charge is 0.176 e. The van der Waals surface area contributed by atoms with Crippen LogP contribution in [0.1, 0.15) is 102 Å². The third-order valence-corrected chi connectivity index (χ3v) is 4.89. The molecule has 0 radical (unpaired) electrons. The molecule has 0 saturated carbocycles. The highest BCUT2D eigenvalue weighted by Gasteiger charge is 2.00. The van der Waals surface area contributed by atoms with Gasteiger partial charge in [0.25, 0.3) is 0 Å². The molecule has 1 aromatic rings. The van der Waals surface area contributed by atoms with Crippen LogP contribution in [0, 0.1) is 0 Å². The van der Waals surface area contributed by atoms with Crippen molar-refractivity contribution in [1.29, 1.82) is 0 Å². The van der Waals surface area contributed by atoms with Gasteiger partial charge < -0.3 is 17.0 Å². The lowest BCUT2D eigenvalue weighted by Gasteiger charge is -2.03. The number of hydrogen-bond donors (Lipinski definition) is 0. The van der Waals surface area contributed by atoms with Gasteiger partial charge in [-0.25, -0.2) is 4.57 Å². The predicted molar refractivity (Wildman–Crippen MR) is 107 cm³/mol. The summed E-state index contributed by atoms with van der Waals surface area (Å²) in [5.74, 6) is 0. The highest BCUT2D eigenvalue weighted by Crippen LogP contribution is 2.12. The van der Waals surface area contributed by atoms with Crippen LogP contribution in [0.15, 0.2) is 31.1 Å². The normalized spacial score (nSPS) is 10.4. The average Bonchev–Trinajstić information content (AvgIpc) is 2.62. The Bertz CT molecular complexity index is 416. The van der Waals surface area contributed by atoms with Gasteiger partial charge in [0.2, 0.25) is 0 Å². The molecule has 0 amide bonds. The summed E-state index contributed by atoms with van der Waals surface area (Å²) in [6.45, 7) is 7.26. The monoisotopic (exact) mass is 409 g/mol. The van der Waals surface area contributed by atoms with Gasteiger partial charge in [0.15, 0.2) is 12.4 Å². The van der Waals surface area contributed by atoms with E-state index in [4.69, 9.17) is 0 Å². The maximum absolute atomic E-state index is 3.83. The molecule has 0 aliphatic carbocycles. The van der Waals surface area contributed by atoms with Crippen molar-refractivity contribution in [3.63, 3.8) is 0 Å². The Morgan fingerprint density at radius 2 is 1.28 bits per heavy atom. The van der Waals surface area contributed by atoms with Gasteiger partial charge in [-0.05, 0) is 12.5 Å². The molecule has 25 heavy (non-hydrogen) atoms. The fourth-order valence-corrected chi connectivity index (χ4v) is 3.29. The van der Waals surface area contributed by atoms with Crippen LogP contribution >= 0.6 is 0 Å². The third kappa shape index (κ3) is 14.2. The highest BCUT2D eigenvalue weighted by atomic mass is 79.9. The summed E-state index contributed by atoms with van der Waals surface area (Å²) in [7, 11) is 0. The number of halogens is 1. The molecule has 1 aromatic heterocycles. The fraction of sp³-hybridized carbons (Fsp3) is 0.696. The first-order valence-electron chi connectivity index (χ1n) is 10.5. The summed E-state index contributed by atoms with van der Waals surface area (Å²) in [6, 6.07) is 4.22. The van der Waals surface area contributed by atoms with Gasteiger partial charge in [-0.3, -0.25) is 0 Å². The Morgan fingerprint density at radius 3 is 1.76 bits per heavy atom. The molecule has 0 atom stereocenters. The first-order valence-corrected chi connectivity index (χ1v) is 10.5. The Kier molecular flexibility index (Phi) is 17.7. The molecule has 0 aromatic carbocycles. The third-order valence-electron chi connectivity index (χ3n) is 4.89. The van der Waals surface area contributed by atoms with E-state index in [0.717, 1.165) is 6.54 Å². The summed E-state index contributed by atoms with van der Waals surface area (Å²) >= 11 is 0. The van der Waals surface area contributed by atoms with Gasteiger partial charge in [-0.2, -0.15) is 0 Å². The van der Waals surface area contributed by atoms with E-state index in [9.17, 15) is 0 Å². The zero-order chi connectivity index (χ0) is 17.3. The average molecular weight is 410 g/mol. The number of unbranched alkanes of at least 4 members (excludes halogenated alkanes) is 13. The maximum Gasteiger partial charge on any atom is 0.176 e. The molecule has 1 nitrogen and oxygen atoms in total. The van der Waals surface area contributed by atoms with E-state index in [-0.39, 0.29) is 17.0 Å². The van der Waals surface area contributed by atoms with Gasteiger partial charge in [0.1, 0.15) is 6.54 Å². The maximum atomic E-state index is 3.83. The van der Waals surface area contributed by atoms with Crippen molar-refractivity contribution in [2.75, 3.05) is 0 Å². The zero-order valence-electron chi connectivity index (χ0n) is 16.5. The van der Waals surface area contributed by atoms with Crippen molar-refractivity contribution in [2.45, 2.75) is 103 Å². The Hall–Kier alpha value is -0.630. The second-order valence-electron chi connectivity index (χ2n) is 7.18. The molecule has 0 aliphatic heterocycles. The van der Waals surface area contributed by atoms with Crippen LogP contribution in [0.25, 0.3) is 6.08 Å². The van der Waals surface area contributed by atoms with Crippen molar-refractivity contribution in [3.05, 3.63) is 36.7 Å². The summed E-state index contributed by atoms with van der Waals surface area (Å²) in [5.41, 5.74) is 1.21. The van der Waals surface area contributed by atoms with Crippen LogP contribution in [0.4, 0.5) is 0 Å². The van der Waals surface area contributed by atoms with Crippen LogP contribution < -0.4 is 21.5 Å². The van der Waals surface area contributed by atoms with Crippen molar-refractivity contribution >= 4 is 6.08 Å². The van der Waals surface area contributed by atoms with Crippen LogP contribution in [0.5, 0.6) is 0 Å². The molecule has 0 bridgehead atoms. The number of pyridine rings is 1. The number of aryl methyl sites for hydroxylation is 1. The molecule has 2 heteroatoms. The molecule has 1 rings (SSSR count). The van der Waals surface area contributed by atoms with E-state index in [1.165, 1.54) is 95.5 Å². The lowest BCUT2D eigenvalue weighted by molar-refractivity contribution is -0.697. The SMILES string of the molecule is C=Cc1ccc[n+](CCCCCCCCCCCCCCCC)c1.[Br-]. The minimum Gasteiger partial charge on any atom is -1.00 e. The second-order valence-corrected chi connectivity index (χ2v) is 7.18. The molecule has 0 N–H and O–H groups in total. The molecule has 1 heterocycles. The van der Waals surface area contributed by atoms with Gasteiger partial charge in [0, 0.05) is 18.1 Å². The van der Waals surface area contributed by atoms with Gasteiger partial charge in [-0.15, -0.1) is 0 Å². The highest BCUT2D eigenvalue weighted by molar-refractivity contribution is 5.43. The summed E-state index contributed by atoms with van der Waals surface area (Å²) in [6.07, 6.45) is 26.2. The predicted octanol–water partition coefficient (Wildman–Crippen LogP) is 4.10. The molecule has 0 fully saturated rings. The number of rotatable bonds is 16. The van der Waals surface area contributed by atoms with E-state index >= 15 is 0 Å². The molecule has 0 saturated heterocycles. The van der Waals surface area contributed by atoms with Gasteiger partial charge in [-0.1, -0.05) is 96.6 Å². The van der Waals surface area contributed by atoms with Crippen LogP contribution in [-0.4, -0.2) is 0 Å². The quantitative estimate of drug-likeness (QED) is 0.285. The minimum atomic E-state index is 0. The molecular weight excluding hydrogens is 370 g/mol. The zero-order valence-corrected chi connectivity index (χ0v) is 18.1. The molecular formula is C23H40BrN. The second kappa shape index (κ2) is 18.2. The van der Waals surface area contributed by atoms with Crippen molar-refractivity contribution < 1.29 is 21.5 Å². The number of nitrogens with zero attached hydrogens (tertiary/aromatic N) is 1. The first kappa shape index (κ1) is 24.4. The van der Waals surface area contributed by atoms with E-state index in [0.29, 0.717) is 0 Å². The van der Waals surface area contributed by atoms with Crippen LogP contribution in [0.3, 0.4) is 0 Å². The largest absolute Gasteiger partial charge is 1.00 e. The first-order chi connectivity index (χ1) is 11.9. The van der Waals surface area contributed by atoms with Gasteiger partial charge in [0.05, 0.1) is 0 Å². The minimum absolute atomic E-state index is 0. The van der Waals surface area contributed by atoms with Gasteiger partial charge >= 0.3 is 0 Å². The number of hydrogen-bond acceptors (Lipinski definition) is 0. The lowest BCUT2D eigenvalue weighted by Crippen LogP contribution is -3.00. The Morgan fingerprint density at radius 1 is 0.800 bits per heavy atom. The van der Waals surface area contributed by atoms with Crippen molar-refractivity contribution in [1.82, 2.24) is 0 Å². The lowest BCUT2D eigenvalue weighted by atomic mass is 10.0. The molecule has 0 unspecified atom stereocenters. The standard InChI is InChI=1S/C23H40N.BrH/c1-3-5-6-7-8-9-10-11-12-13-14-15-16-17-20-24-21-18-19-23(4-2)22-24;/h4,18-19,21-22H,2-3,5-17,20H2,1H3;1H/q+1;/p-1. The van der Waals surface area contributed by atoms with Crippen LogP contribution in [-0.2, 0) is 6.54 Å². The van der Waals surface area contributed by atoms with Crippen molar-refractivity contribution in [3.8, 4) is 0 Å². The summed E-state index contributed by atoms with van der Waals surface area (Å²) < 4.78 is 2.29. The molecule has 0 aliphatic rings.